The van der Waals surface area contributed by atoms with E-state index in [-0.39, 0.29) is 13.0 Å². The Morgan fingerprint density at radius 2 is 2.18 bits per heavy atom. The standard InChI is InChI=1S/C11H13N3O3/c12-14-13-10(6-11(15)16)8-17-7-9-4-2-1-3-5-9/h1-5,10H,6-8H2,(H,15,16)/t10-/m1/s1. The van der Waals surface area contributed by atoms with Crippen molar-refractivity contribution in [1.29, 1.82) is 0 Å². The Balaban J connectivity index is 2.37. The maximum atomic E-state index is 10.5. The van der Waals surface area contributed by atoms with E-state index in [4.69, 9.17) is 15.4 Å². The topological polar surface area (TPSA) is 95.3 Å². The molecule has 0 fully saturated rings. The van der Waals surface area contributed by atoms with Crippen LogP contribution in [0.5, 0.6) is 0 Å². The molecule has 6 heteroatoms. The van der Waals surface area contributed by atoms with E-state index in [9.17, 15) is 4.79 Å². The van der Waals surface area contributed by atoms with E-state index in [0.717, 1.165) is 5.56 Å². The van der Waals surface area contributed by atoms with Crippen LogP contribution in [0, 0.1) is 0 Å². The first-order chi connectivity index (χ1) is 8.22. The second-order valence-electron chi connectivity index (χ2n) is 3.46. The van der Waals surface area contributed by atoms with Gasteiger partial charge in [0, 0.05) is 4.91 Å². The monoisotopic (exact) mass is 235 g/mol. The lowest BCUT2D eigenvalue weighted by molar-refractivity contribution is -0.137. The highest BCUT2D eigenvalue weighted by Gasteiger charge is 2.11. The number of rotatable bonds is 7. The number of hydrogen-bond donors (Lipinski definition) is 1. The van der Waals surface area contributed by atoms with E-state index < -0.39 is 12.0 Å². The summed E-state index contributed by atoms with van der Waals surface area (Å²) in [5, 5.41) is 12.0. The lowest BCUT2D eigenvalue weighted by Crippen LogP contribution is -2.17. The van der Waals surface area contributed by atoms with Crippen LogP contribution in [0.15, 0.2) is 35.4 Å². The summed E-state index contributed by atoms with van der Waals surface area (Å²) in [5.74, 6) is -1.01. The largest absolute Gasteiger partial charge is 0.481 e. The Bertz CT molecular complexity index is 402. The number of aliphatic carboxylic acids is 1. The predicted octanol–water partition coefficient (Wildman–Crippen LogP) is 2.36. The third-order valence-electron chi connectivity index (χ3n) is 2.05. The average Bonchev–Trinajstić information content (AvgIpc) is 2.30. The zero-order valence-corrected chi connectivity index (χ0v) is 9.19. The maximum Gasteiger partial charge on any atom is 0.303 e. The second kappa shape index (κ2) is 7.27. The summed E-state index contributed by atoms with van der Waals surface area (Å²) in [6.07, 6.45) is -0.223. The smallest absolute Gasteiger partial charge is 0.303 e. The number of nitrogens with zero attached hydrogens (tertiary/aromatic N) is 3. The van der Waals surface area contributed by atoms with Crippen LogP contribution in [0.1, 0.15) is 12.0 Å². The Morgan fingerprint density at radius 1 is 1.47 bits per heavy atom. The molecule has 17 heavy (non-hydrogen) atoms. The summed E-state index contributed by atoms with van der Waals surface area (Å²) >= 11 is 0. The SMILES string of the molecule is [N-]=[N+]=N[C@@H](COCc1ccccc1)CC(=O)O. The van der Waals surface area contributed by atoms with Crippen molar-refractivity contribution in [2.24, 2.45) is 5.11 Å². The summed E-state index contributed by atoms with van der Waals surface area (Å²) in [6.45, 7) is 0.475. The lowest BCUT2D eigenvalue weighted by atomic mass is 10.2. The van der Waals surface area contributed by atoms with Crippen LogP contribution in [-0.2, 0) is 16.1 Å². The number of carbonyl (C=O) groups is 1. The van der Waals surface area contributed by atoms with Crippen molar-refractivity contribution >= 4 is 5.97 Å². The molecule has 0 aliphatic rings. The molecule has 0 radical (unpaired) electrons. The van der Waals surface area contributed by atoms with Crippen LogP contribution in [0.4, 0.5) is 0 Å². The first kappa shape index (κ1) is 13.0. The van der Waals surface area contributed by atoms with E-state index in [1.165, 1.54) is 0 Å². The van der Waals surface area contributed by atoms with Crippen LogP contribution in [-0.4, -0.2) is 23.7 Å². The number of carboxylic acid groups (broad SMARTS) is 1. The van der Waals surface area contributed by atoms with Gasteiger partial charge in [-0.3, -0.25) is 4.79 Å². The summed E-state index contributed by atoms with van der Waals surface area (Å²) < 4.78 is 5.31. The molecule has 1 atom stereocenters. The van der Waals surface area contributed by atoms with Crippen molar-refractivity contribution in [2.45, 2.75) is 19.1 Å². The Hall–Kier alpha value is -2.04. The average molecular weight is 235 g/mol. The van der Waals surface area contributed by atoms with Crippen molar-refractivity contribution in [3.8, 4) is 0 Å². The second-order valence-corrected chi connectivity index (χ2v) is 3.46. The molecule has 0 saturated heterocycles. The Morgan fingerprint density at radius 3 is 2.76 bits per heavy atom. The van der Waals surface area contributed by atoms with Gasteiger partial charge in [-0.15, -0.1) is 0 Å². The molecule has 0 spiro atoms. The zero-order chi connectivity index (χ0) is 12.5. The third kappa shape index (κ3) is 5.55. The number of ether oxygens (including phenoxy) is 1. The van der Waals surface area contributed by atoms with Crippen LogP contribution >= 0.6 is 0 Å². The van der Waals surface area contributed by atoms with Crippen LogP contribution in [0.3, 0.4) is 0 Å². The summed E-state index contributed by atoms with van der Waals surface area (Å²) in [6, 6.07) is 8.82. The Kier molecular flexibility index (Phi) is 5.57. The molecule has 0 aromatic heterocycles. The van der Waals surface area contributed by atoms with Gasteiger partial charge in [0.15, 0.2) is 0 Å². The summed E-state index contributed by atoms with van der Waals surface area (Å²) in [5.41, 5.74) is 9.26. The van der Waals surface area contributed by atoms with Gasteiger partial charge < -0.3 is 9.84 Å². The van der Waals surface area contributed by atoms with Crippen molar-refractivity contribution < 1.29 is 14.6 Å². The molecule has 1 N–H and O–H groups in total. The van der Waals surface area contributed by atoms with Gasteiger partial charge in [-0.2, -0.15) is 0 Å². The molecule has 90 valence electrons. The quantitative estimate of drug-likeness (QED) is 0.446. The molecule has 1 aromatic rings. The maximum absolute atomic E-state index is 10.5. The van der Waals surface area contributed by atoms with Gasteiger partial charge in [-0.1, -0.05) is 35.4 Å². The van der Waals surface area contributed by atoms with Crippen LogP contribution < -0.4 is 0 Å². The molecule has 0 aliphatic carbocycles. The van der Waals surface area contributed by atoms with E-state index in [1.54, 1.807) is 0 Å². The molecule has 1 aromatic carbocycles. The molecule has 1 rings (SSSR count). The minimum Gasteiger partial charge on any atom is -0.481 e. The lowest BCUT2D eigenvalue weighted by Gasteiger charge is -2.09. The number of hydrogen-bond acceptors (Lipinski definition) is 3. The number of benzene rings is 1. The minimum atomic E-state index is -1.01. The molecule has 0 unspecified atom stereocenters. The van der Waals surface area contributed by atoms with Gasteiger partial charge in [0.1, 0.15) is 0 Å². The van der Waals surface area contributed by atoms with Gasteiger partial charge >= 0.3 is 5.97 Å². The molecule has 0 saturated carbocycles. The van der Waals surface area contributed by atoms with E-state index in [0.29, 0.717) is 6.61 Å². The fourth-order valence-electron chi connectivity index (χ4n) is 1.29. The fourth-order valence-corrected chi connectivity index (χ4v) is 1.29. The number of carboxylic acids is 1. The Labute approximate surface area is 98.5 Å². The number of azide groups is 1. The first-order valence-corrected chi connectivity index (χ1v) is 5.10. The highest BCUT2D eigenvalue weighted by molar-refractivity contribution is 5.67. The zero-order valence-electron chi connectivity index (χ0n) is 9.19. The van der Waals surface area contributed by atoms with Gasteiger partial charge in [0.05, 0.1) is 25.7 Å². The minimum absolute atomic E-state index is 0.102. The van der Waals surface area contributed by atoms with Crippen molar-refractivity contribution in [1.82, 2.24) is 0 Å². The first-order valence-electron chi connectivity index (χ1n) is 5.10. The van der Waals surface area contributed by atoms with Gasteiger partial charge in [0.2, 0.25) is 0 Å². The predicted molar refractivity (Wildman–Crippen MR) is 61.3 cm³/mol. The molecule has 0 amide bonds. The van der Waals surface area contributed by atoms with Crippen molar-refractivity contribution in [3.05, 3.63) is 46.3 Å². The highest BCUT2D eigenvalue weighted by atomic mass is 16.5. The van der Waals surface area contributed by atoms with E-state index in [2.05, 4.69) is 10.0 Å². The normalized spacial score (nSPS) is 11.5. The molecular weight excluding hydrogens is 222 g/mol. The molecule has 0 bridgehead atoms. The van der Waals surface area contributed by atoms with Gasteiger partial charge in [-0.25, -0.2) is 0 Å². The van der Waals surface area contributed by atoms with Gasteiger partial charge in [-0.05, 0) is 11.1 Å². The molecule has 6 nitrogen and oxygen atoms in total. The molecule has 0 heterocycles. The van der Waals surface area contributed by atoms with Crippen molar-refractivity contribution in [3.63, 3.8) is 0 Å². The molecule has 0 aliphatic heterocycles. The van der Waals surface area contributed by atoms with E-state index in [1.807, 2.05) is 30.3 Å². The van der Waals surface area contributed by atoms with E-state index >= 15 is 0 Å². The fraction of sp³-hybridized carbons (Fsp3) is 0.364. The highest BCUT2D eigenvalue weighted by Crippen LogP contribution is 2.04. The summed E-state index contributed by atoms with van der Waals surface area (Å²) in [7, 11) is 0. The van der Waals surface area contributed by atoms with Crippen molar-refractivity contribution in [2.75, 3.05) is 6.61 Å². The van der Waals surface area contributed by atoms with Crippen LogP contribution in [0.2, 0.25) is 0 Å². The van der Waals surface area contributed by atoms with Gasteiger partial charge in [0.25, 0.3) is 0 Å². The molecular formula is C11H13N3O3. The van der Waals surface area contributed by atoms with Crippen LogP contribution in [0.25, 0.3) is 10.4 Å². The summed E-state index contributed by atoms with van der Waals surface area (Å²) in [4.78, 5) is 13.1. The third-order valence-corrected chi connectivity index (χ3v) is 2.05.